The summed E-state index contributed by atoms with van der Waals surface area (Å²) in [6.45, 7) is 1.85. The van der Waals surface area contributed by atoms with Gasteiger partial charge < -0.3 is 15.4 Å². The minimum absolute atomic E-state index is 0.361. The van der Waals surface area contributed by atoms with Crippen LogP contribution in [0.15, 0.2) is 18.3 Å². The molecule has 0 amide bonds. The molecule has 4 heteroatoms. The predicted octanol–water partition coefficient (Wildman–Crippen LogP) is 0.499. The van der Waals surface area contributed by atoms with Crippen molar-refractivity contribution in [1.29, 1.82) is 0 Å². The van der Waals surface area contributed by atoms with Crippen LogP contribution >= 0.6 is 0 Å². The van der Waals surface area contributed by atoms with Crippen LogP contribution in [-0.2, 0) is 4.74 Å². The highest BCUT2D eigenvalue weighted by molar-refractivity contribution is 5.47. The summed E-state index contributed by atoms with van der Waals surface area (Å²) >= 11 is 0. The topological polar surface area (TPSA) is 51.4 Å². The zero-order valence-corrected chi connectivity index (χ0v) is 7.60. The molecule has 2 heterocycles. The van der Waals surface area contributed by atoms with E-state index in [1.165, 1.54) is 0 Å². The van der Waals surface area contributed by atoms with E-state index >= 15 is 0 Å². The van der Waals surface area contributed by atoms with Crippen LogP contribution in [0.3, 0.4) is 0 Å². The second-order valence-corrected chi connectivity index (χ2v) is 3.21. The van der Waals surface area contributed by atoms with Crippen molar-refractivity contribution >= 4 is 11.5 Å². The maximum Gasteiger partial charge on any atom is 0.128 e. The Bertz CT molecular complexity index is 279. The summed E-state index contributed by atoms with van der Waals surface area (Å²) in [4.78, 5) is 6.37. The lowest BCUT2D eigenvalue weighted by molar-refractivity contribution is 0.0783. The maximum atomic E-state index is 5.53. The number of rotatable bonds is 2. The second-order valence-electron chi connectivity index (χ2n) is 3.21. The smallest absolute Gasteiger partial charge is 0.128 e. The summed E-state index contributed by atoms with van der Waals surface area (Å²) in [5.41, 5.74) is 6.24. The molecule has 1 aromatic heterocycles. The second kappa shape index (κ2) is 3.22. The molecule has 1 aromatic rings. The SMILES string of the molecule is COC1CN(c2ccc(N)cn2)C1. The number of nitrogens with zero attached hydrogens (tertiary/aromatic N) is 2. The molecule has 2 N–H and O–H groups in total. The van der Waals surface area contributed by atoms with Crippen molar-refractivity contribution in [1.82, 2.24) is 4.98 Å². The number of anilines is 2. The fraction of sp³-hybridized carbons (Fsp3) is 0.444. The van der Waals surface area contributed by atoms with Crippen molar-refractivity contribution in [3.05, 3.63) is 18.3 Å². The molecule has 0 radical (unpaired) electrons. The largest absolute Gasteiger partial charge is 0.397 e. The Morgan fingerprint density at radius 1 is 1.54 bits per heavy atom. The minimum Gasteiger partial charge on any atom is -0.397 e. The molecule has 2 rings (SSSR count). The highest BCUT2D eigenvalue weighted by Crippen LogP contribution is 2.19. The van der Waals surface area contributed by atoms with E-state index < -0.39 is 0 Å². The molecule has 0 bridgehead atoms. The van der Waals surface area contributed by atoms with Crippen LogP contribution in [-0.4, -0.2) is 31.3 Å². The number of pyridine rings is 1. The van der Waals surface area contributed by atoms with Crippen molar-refractivity contribution in [3.8, 4) is 0 Å². The van der Waals surface area contributed by atoms with Gasteiger partial charge in [-0.3, -0.25) is 0 Å². The van der Waals surface area contributed by atoms with Gasteiger partial charge in [-0.05, 0) is 12.1 Å². The maximum absolute atomic E-state index is 5.53. The normalized spacial score (nSPS) is 17.2. The van der Waals surface area contributed by atoms with Crippen molar-refractivity contribution in [2.24, 2.45) is 0 Å². The zero-order chi connectivity index (χ0) is 9.26. The first kappa shape index (κ1) is 8.31. The van der Waals surface area contributed by atoms with E-state index in [0.717, 1.165) is 18.9 Å². The summed E-state index contributed by atoms with van der Waals surface area (Å²) < 4.78 is 5.17. The molecule has 0 aromatic carbocycles. The standard InChI is InChI=1S/C9H13N3O/c1-13-8-5-12(6-8)9-3-2-7(10)4-11-9/h2-4,8H,5-6,10H2,1H3. The molecular formula is C9H13N3O. The molecule has 0 saturated carbocycles. The molecule has 1 aliphatic rings. The summed E-state index contributed by atoms with van der Waals surface area (Å²) in [5, 5.41) is 0. The van der Waals surface area contributed by atoms with E-state index in [-0.39, 0.29) is 0 Å². The van der Waals surface area contributed by atoms with E-state index in [4.69, 9.17) is 10.5 Å². The number of hydrogen-bond acceptors (Lipinski definition) is 4. The number of methoxy groups -OCH3 is 1. The van der Waals surface area contributed by atoms with Gasteiger partial charge in [0.1, 0.15) is 5.82 Å². The van der Waals surface area contributed by atoms with E-state index in [9.17, 15) is 0 Å². The number of aromatic nitrogens is 1. The zero-order valence-electron chi connectivity index (χ0n) is 7.60. The van der Waals surface area contributed by atoms with E-state index in [0.29, 0.717) is 11.8 Å². The predicted molar refractivity (Wildman–Crippen MR) is 51.7 cm³/mol. The van der Waals surface area contributed by atoms with Crippen molar-refractivity contribution < 1.29 is 4.74 Å². The molecule has 70 valence electrons. The number of ether oxygens (including phenoxy) is 1. The van der Waals surface area contributed by atoms with E-state index in [2.05, 4.69) is 9.88 Å². The van der Waals surface area contributed by atoms with Crippen LogP contribution < -0.4 is 10.6 Å². The molecule has 4 nitrogen and oxygen atoms in total. The molecule has 0 atom stereocenters. The summed E-state index contributed by atoms with van der Waals surface area (Å²) in [6.07, 6.45) is 2.04. The average Bonchev–Trinajstić information content (AvgIpc) is 2.06. The molecule has 0 unspecified atom stereocenters. The molecule has 13 heavy (non-hydrogen) atoms. The van der Waals surface area contributed by atoms with Crippen LogP contribution in [0, 0.1) is 0 Å². The molecule has 1 aliphatic heterocycles. The van der Waals surface area contributed by atoms with Crippen LogP contribution in [0.1, 0.15) is 0 Å². The van der Waals surface area contributed by atoms with Crippen LogP contribution in [0.2, 0.25) is 0 Å². The number of hydrogen-bond donors (Lipinski definition) is 1. The lowest BCUT2D eigenvalue weighted by Gasteiger charge is -2.38. The van der Waals surface area contributed by atoms with Crippen LogP contribution in [0.5, 0.6) is 0 Å². The third-order valence-electron chi connectivity index (χ3n) is 2.28. The average molecular weight is 179 g/mol. The third kappa shape index (κ3) is 1.58. The van der Waals surface area contributed by atoms with Crippen molar-refractivity contribution in [3.63, 3.8) is 0 Å². The monoisotopic (exact) mass is 179 g/mol. The lowest BCUT2D eigenvalue weighted by atomic mass is 10.1. The molecular weight excluding hydrogens is 166 g/mol. The lowest BCUT2D eigenvalue weighted by Crippen LogP contribution is -2.52. The van der Waals surface area contributed by atoms with Gasteiger partial charge in [0, 0.05) is 20.2 Å². The molecule has 0 aliphatic carbocycles. The Hall–Kier alpha value is -1.29. The minimum atomic E-state index is 0.361. The summed E-state index contributed by atoms with van der Waals surface area (Å²) in [6, 6.07) is 3.80. The van der Waals surface area contributed by atoms with Gasteiger partial charge >= 0.3 is 0 Å². The fourth-order valence-electron chi connectivity index (χ4n) is 1.36. The quantitative estimate of drug-likeness (QED) is 0.718. The Balaban J connectivity index is 1.99. The van der Waals surface area contributed by atoms with Crippen molar-refractivity contribution in [2.75, 3.05) is 30.8 Å². The Kier molecular flexibility index (Phi) is 2.06. The number of nitrogen functional groups attached to an aromatic ring is 1. The van der Waals surface area contributed by atoms with Gasteiger partial charge in [-0.25, -0.2) is 4.98 Å². The van der Waals surface area contributed by atoms with Gasteiger partial charge in [-0.1, -0.05) is 0 Å². The van der Waals surface area contributed by atoms with Gasteiger partial charge in [0.2, 0.25) is 0 Å². The summed E-state index contributed by atoms with van der Waals surface area (Å²) in [7, 11) is 1.73. The molecule has 1 fully saturated rings. The molecule has 1 saturated heterocycles. The van der Waals surface area contributed by atoms with Gasteiger partial charge in [-0.15, -0.1) is 0 Å². The summed E-state index contributed by atoms with van der Waals surface area (Å²) in [5.74, 6) is 0.975. The van der Waals surface area contributed by atoms with E-state index in [1.54, 1.807) is 13.3 Å². The van der Waals surface area contributed by atoms with Gasteiger partial charge in [-0.2, -0.15) is 0 Å². The highest BCUT2D eigenvalue weighted by atomic mass is 16.5. The fourth-order valence-corrected chi connectivity index (χ4v) is 1.36. The third-order valence-corrected chi connectivity index (χ3v) is 2.28. The van der Waals surface area contributed by atoms with Gasteiger partial charge in [0.05, 0.1) is 18.0 Å². The Morgan fingerprint density at radius 2 is 2.31 bits per heavy atom. The first-order chi connectivity index (χ1) is 6.29. The van der Waals surface area contributed by atoms with Crippen LogP contribution in [0.4, 0.5) is 11.5 Å². The van der Waals surface area contributed by atoms with Crippen molar-refractivity contribution in [2.45, 2.75) is 6.10 Å². The molecule has 0 spiro atoms. The van der Waals surface area contributed by atoms with Gasteiger partial charge in [0.15, 0.2) is 0 Å². The van der Waals surface area contributed by atoms with E-state index in [1.807, 2.05) is 12.1 Å². The number of nitrogens with two attached hydrogens (primary N) is 1. The highest BCUT2D eigenvalue weighted by Gasteiger charge is 2.26. The Morgan fingerprint density at radius 3 is 2.85 bits per heavy atom. The first-order valence-electron chi connectivity index (χ1n) is 4.29. The first-order valence-corrected chi connectivity index (χ1v) is 4.29. The van der Waals surface area contributed by atoms with Gasteiger partial charge in [0.25, 0.3) is 0 Å². The Labute approximate surface area is 77.3 Å². The van der Waals surface area contributed by atoms with Crippen LogP contribution in [0.25, 0.3) is 0 Å².